The zero-order chi connectivity index (χ0) is 16.3. The molecule has 1 spiro atoms. The van der Waals surface area contributed by atoms with Crippen LogP contribution in [0.25, 0.3) is 0 Å². The molecule has 2 fully saturated rings. The predicted molar refractivity (Wildman–Crippen MR) is 84.6 cm³/mol. The lowest BCUT2D eigenvalue weighted by molar-refractivity contribution is -0.0339. The normalized spacial score (nSPS) is 29.0. The Morgan fingerprint density at radius 1 is 1.43 bits per heavy atom. The van der Waals surface area contributed by atoms with E-state index in [0.717, 1.165) is 12.8 Å². The average molecular weight is 341 g/mol. The Balaban J connectivity index is 1.64. The van der Waals surface area contributed by atoms with Crippen molar-refractivity contribution >= 4 is 10.0 Å². The molecule has 8 heteroatoms. The molecule has 0 bridgehead atoms. The van der Waals surface area contributed by atoms with Gasteiger partial charge in [0.2, 0.25) is 10.0 Å². The summed E-state index contributed by atoms with van der Waals surface area (Å²) in [5.41, 5.74) is -0.432. The lowest BCUT2D eigenvalue weighted by Crippen LogP contribution is -2.50. The van der Waals surface area contributed by atoms with E-state index in [1.54, 1.807) is 22.8 Å². The number of rotatable bonds is 5. The second-order valence-electron chi connectivity index (χ2n) is 6.22. The van der Waals surface area contributed by atoms with Crippen molar-refractivity contribution in [3.63, 3.8) is 0 Å². The van der Waals surface area contributed by atoms with Gasteiger partial charge in [-0.1, -0.05) is 6.92 Å². The van der Waals surface area contributed by atoms with Gasteiger partial charge in [0.25, 0.3) is 0 Å². The van der Waals surface area contributed by atoms with Crippen LogP contribution in [0.1, 0.15) is 32.6 Å². The van der Waals surface area contributed by atoms with Crippen LogP contribution in [-0.2, 0) is 14.8 Å². The maximum Gasteiger partial charge on any atom is 0.316 e. The van der Waals surface area contributed by atoms with Crippen molar-refractivity contribution in [2.24, 2.45) is 0 Å². The molecule has 1 aromatic rings. The largest absolute Gasteiger partial charge is 0.458 e. The third-order valence-electron chi connectivity index (χ3n) is 4.35. The van der Waals surface area contributed by atoms with Crippen LogP contribution in [0.5, 0.6) is 6.01 Å². The van der Waals surface area contributed by atoms with Crippen molar-refractivity contribution in [2.45, 2.75) is 44.3 Å². The van der Waals surface area contributed by atoms with Gasteiger partial charge in [0.1, 0.15) is 6.10 Å². The van der Waals surface area contributed by atoms with Gasteiger partial charge in [0.15, 0.2) is 0 Å². The zero-order valence-electron chi connectivity index (χ0n) is 13.3. The first kappa shape index (κ1) is 16.6. The molecule has 2 aliphatic rings. The summed E-state index contributed by atoms with van der Waals surface area (Å²) < 4.78 is 38.0. The average Bonchev–Trinajstić information content (AvgIpc) is 2.90. The van der Waals surface area contributed by atoms with Crippen molar-refractivity contribution in [3.8, 4) is 6.01 Å². The first-order valence-corrected chi connectivity index (χ1v) is 9.69. The second-order valence-corrected chi connectivity index (χ2v) is 8.31. The molecule has 7 nitrogen and oxygen atoms in total. The Morgan fingerprint density at radius 2 is 2.22 bits per heavy atom. The van der Waals surface area contributed by atoms with Crippen LogP contribution < -0.4 is 4.74 Å². The number of nitrogens with zero attached hydrogens (tertiary/aromatic N) is 3. The molecule has 2 atom stereocenters. The molecule has 128 valence electrons. The first-order valence-electron chi connectivity index (χ1n) is 8.08. The van der Waals surface area contributed by atoms with Crippen LogP contribution >= 0.6 is 0 Å². The molecule has 0 radical (unpaired) electrons. The van der Waals surface area contributed by atoms with Gasteiger partial charge in [-0.05, 0) is 25.3 Å². The van der Waals surface area contributed by atoms with Crippen molar-refractivity contribution in [1.82, 2.24) is 14.3 Å². The molecule has 3 heterocycles. The van der Waals surface area contributed by atoms with Crippen LogP contribution in [0.3, 0.4) is 0 Å². The summed E-state index contributed by atoms with van der Waals surface area (Å²) in [5.74, 6) is 0.195. The molecule has 23 heavy (non-hydrogen) atoms. The molecule has 0 aliphatic carbocycles. The van der Waals surface area contributed by atoms with Gasteiger partial charge in [-0.3, -0.25) is 0 Å². The Labute approximate surface area is 137 Å². The van der Waals surface area contributed by atoms with Gasteiger partial charge in [0, 0.05) is 31.9 Å². The maximum atomic E-state index is 12.3. The number of hydrogen-bond acceptors (Lipinski definition) is 6. The highest BCUT2D eigenvalue weighted by molar-refractivity contribution is 7.89. The standard InChI is InChI=1S/C15H23N3O4S/c1-2-9-23(19,20)18-8-3-5-15(12-18)10-13(11-21-15)22-14-16-6-4-7-17-14/h4,6-7,13H,2-3,5,8-12H2,1H3/t13-,15+/m0/s1. The fourth-order valence-electron chi connectivity index (χ4n) is 3.34. The second kappa shape index (κ2) is 6.70. The SMILES string of the molecule is CCCS(=O)(=O)N1CCC[C@@]2(C[C@H](Oc3ncccn3)CO2)C1. The Hall–Kier alpha value is -1.25. The van der Waals surface area contributed by atoms with Gasteiger partial charge >= 0.3 is 6.01 Å². The number of sulfonamides is 1. The minimum absolute atomic E-state index is 0.133. The third-order valence-corrected chi connectivity index (χ3v) is 6.37. The number of hydrogen-bond donors (Lipinski definition) is 0. The van der Waals surface area contributed by atoms with E-state index in [9.17, 15) is 8.42 Å². The summed E-state index contributed by atoms with van der Waals surface area (Å²) in [6.07, 6.45) is 6.11. The highest BCUT2D eigenvalue weighted by Gasteiger charge is 2.46. The lowest BCUT2D eigenvalue weighted by Gasteiger charge is -2.38. The summed E-state index contributed by atoms with van der Waals surface area (Å²) in [4.78, 5) is 8.12. The molecule has 0 amide bonds. The quantitative estimate of drug-likeness (QED) is 0.801. The van der Waals surface area contributed by atoms with Crippen molar-refractivity contribution < 1.29 is 17.9 Å². The van der Waals surface area contributed by atoms with Crippen molar-refractivity contribution in [3.05, 3.63) is 18.5 Å². The molecular formula is C15H23N3O4S. The highest BCUT2D eigenvalue weighted by Crippen LogP contribution is 2.36. The molecular weight excluding hydrogens is 318 g/mol. The summed E-state index contributed by atoms with van der Waals surface area (Å²) in [7, 11) is -3.19. The van der Waals surface area contributed by atoms with E-state index in [4.69, 9.17) is 9.47 Å². The lowest BCUT2D eigenvalue weighted by atomic mass is 9.90. The molecule has 0 aromatic carbocycles. The summed E-state index contributed by atoms with van der Waals surface area (Å²) >= 11 is 0. The van der Waals surface area contributed by atoms with Gasteiger partial charge in [-0.2, -0.15) is 4.31 Å². The molecule has 0 N–H and O–H groups in total. The maximum absolute atomic E-state index is 12.3. The highest BCUT2D eigenvalue weighted by atomic mass is 32.2. The number of ether oxygens (including phenoxy) is 2. The van der Waals surface area contributed by atoms with Gasteiger partial charge < -0.3 is 9.47 Å². The fourth-order valence-corrected chi connectivity index (χ4v) is 4.95. The van der Waals surface area contributed by atoms with Crippen molar-refractivity contribution in [2.75, 3.05) is 25.4 Å². The van der Waals surface area contributed by atoms with Crippen LogP contribution in [-0.4, -0.2) is 59.8 Å². The number of aromatic nitrogens is 2. The van der Waals surface area contributed by atoms with Gasteiger partial charge in [0.05, 0.1) is 18.0 Å². The third kappa shape index (κ3) is 3.81. The number of piperidine rings is 1. The van der Waals surface area contributed by atoms with Gasteiger partial charge in [-0.15, -0.1) is 0 Å². The van der Waals surface area contributed by atoms with Crippen LogP contribution in [0.2, 0.25) is 0 Å². The van der Waals surface area contributed by atoms with Gasteiger partial charge in [-0.25, -0.2) is 18.4 Å². The molecule has 1 aromatic heterocycles. The fraction of sp³-hybridized carbons (Fsp3) is 0.733. The Bertz CT molecular complexity index is 625. The minimum Gasteiger partial charge on any atom is -0.458 e. The van der Waals surface area contributed by atoms with Crippen molar-refractivity contribution in [1.29, 1.82) is 0 Å². The van der Waals surface area contributed by atoms with E-state index in [2.05, 4.69) is 9.97 Å². The summed E-state index contributed by atoms with van der Waals surface area (Å²) in [6.45, 7) is 3.33. The topological polar surface area (TPSA) is 81.6 Å². The summed E-state index contributed by atoms with van der Waals surface area (Å²) in [5, 5.41) is 0. The van der Waals surface area contributed by atoms with E-state index in [-0.39, 0.29) is 11.9 Å². The van der Waals surface area contributed by atoms with E-state index < -0.39 is 15.6 Å². The van der Waals surface area contributed by atoms with Crippen LogP contribution in [0.4, 0.5) is 0 Å². The minimum atomic E-state index is -3.19. The monoisotopic (exact) mass is 341 g/mol. The van der Waals surface area contributed by atoms with E-state index in [0.29, 0.717) is 38.5 Å². The van der Waals surface area contributed by atoms with E-state index in [1.165, 1.54) is 0 Å². The van der Waals surface area contributed by atoms with Crippen LogP contribution in [0, 0.1) is 0 Å². The van der Waals surface area contributed by atoms with E-state index in [1.807, 2.05) is 6.92 Å². The predicted octanol–water partition coefficient (Wildman–Crippen LogP) is 1.22. The smallest absolute Gasteiger partial charge is 0.316 e. The summed E-state index contributed by atoms with van der Waals surface area (Å²) in [6, 6.07) is 2.07. The van der Waals surface area contributed by atoms with Crippen LogP contribution in [0.15, 0.2) is 18.5 Å². The Kier molecular flexibility index (Phi) is 4.84. The molecule has 0 saturated carbocycles. The first-order chi connectivity index (χ1) is 11.0. The zero-order valence-corrected chi connectivity index (χ0v) is 14.2. The molecule has 2 saturated heterocycles. The molecule has 0 unspecified atom stereocenters. The Morgan fingerprint density at radius 3 is 2.96 bits per heavy atom. The molecule has 3 rings (SSSR count). The molecule has 2 aliphatic heterocycles. The van der Waals surface area contributed by atoms with E-state index >= 15 is 0 Å².